The SMILES string of the molecule is CCNCCC(C)(C)Cc1cccc(F)c1Br. The molecule has 0 aliphatic carbocycles. The first-order valence-corrected chi connectivity index (χ1v) is 6.89. The molecule has 0 saturated heterocycles. The van der Waals surface area contributed by atoms with Crippen LogP contribution in [0, 0.1) is 11.2 Å². The van der Waals surface area contributed by atoms with Gasteiger partial charge in [0.25, 0.3) is 0 Å². The van der Waals surface area contributed by atoms with Crippen LogP contribution in [0.4, 0.5) is 4.39 Å². The van der Waals surface area contributed by atoms with Crippen LogP contribution in [-0.2, 0) is 6.42 Å². The number of rotatable bonds is 6. The Morgan fingerprint density at radius 2 is 2.06 bits per heavy atom. The van der Waals surface area contributed by atoms with Crippen molar-refractivity contribution in [3.8, 4) is 0 Å². The maximum atomic E-state index is 13.4. The van der Waals surface area contributed by atoms with Gasteiger partial charge in [0.05, 0.1) is 4.47 Å². The molecule has 0 saturated carbocycles. The maximum Gasteiger partial charge on any atom is 0.137 e. The molecular weight excluding hydrogens is 281 g/mol. The Balaban J connectivity index is 2.65. The molecule has 1 nitrogen and oxygen atoms in total. The highest BCUT2D eigenvalue weighted by atomic mass is 79.9. The molecule has 0 spiro atoms. The van der Waals surface area contributed by atoms with Crippen molar-refractivity contribution >= 4 is 15.9 Å². The predicted octanol–water partition coefficient (Wildman–Crippen LogP) is 4.16. The van der Waals surface area contributed by atoms with Gasteiger partial charge < -0.3 is 5.32 Å². The van der Waals surface area contributed by atoms with Crippen LogP contribution >= 0.6 is 15.9 Å². The van der Waals surface area contributed by atoms with Crippen molar-refractivity contribution in [3.63, 3.8) is 0 Å². The van der Waals surface area contributed by atoms with Crippen molar-refractivity contribution in [1.82, 2.24) is 5.32 Å². The number of hydrogen-bond donors (Lipinski definition) is 1. The summed E-state index contributed by atoms with van der Waals surface area (Å²) >= 11 is 3.32. The summed E-state index contributed by atoms with van der Waals surface area (Å²) < 4.78 is 14.0. The Morgan fingerprint density at radius 1 is 1.35 bits per heavy atom. The van der Waals surface area contributed by atoms with Gasteiger partial charge in [0.15, 0.2) is 0 Å². The molecule has 3 heteroatoms. The Bertz CT molecular complexity index is 363. The second kappa shape index (κ2) is 6.50. The molecular formula is C14H21BrFN. The minimum Gasteiger partial charge on any atom is -0.317 e. The lowest BCUT2D eigenvalue weighted by Crippen LogP contribution is -2.24. The van der Waals surface area contributed by atoms with E-state index < -0.39 is 0 Å². The van der Waals surface area contributed by atoms with E-state index in [9.17, 15) is 4.39 Å². The van der Waals surface area contributed by atoms with Crippen LogP contribution in [0.2, 0.25) is 0 Å². The van der Waals surface area contributed by atoms with Gasteiger partial charge in [-0.05, 0) is 58.9 Å². The molecule has 17 heavy (non-hydrogen) atoms. The van der Waals surface area contributed by atoms with Gasteiger partial charge in [-0.1, -0.05) is 32.9 Å². The van der Waals surface area contributed by atoms with Crippen LogP contribution in [0.25, 0.3) is 0 Å². The third kappa shape index (κ3) is 4.76. The smallest absolute Gasteiger partial charge is 0.137 e. The van der Waals surface area contributed by atoms with Crippen LogP contribution < -0.4 is 5.32 Å². The van der Waals surface area contributed by atoms with E-state index in [-0.39, 0.29) is 11.2 Å². The molecule has 1 N–H and O–H groups in total. The highest BCUT2D eigenvalue weighted by Crippen LogP contribution is 2.30. The molecule has 1 rings (SSSR count). The van der Waals surface area contributed by atoms with Gasteiger partial charge in [-0.15, -0.1) is 0 Å². The molecule has 0 unspecified atom stereocenters. The van der Waals surface area contributed by atoms with Crippen LogP contribution in [0.5, 0.6) is 0 Å². The molecule has 0 atom stereocenters. The van der Waals surface area contributed by atoms with E-state index in [0.717, 1.165) is 31.5 Å². The van der Waals surface area contributed by atoms with Crippen molar-refractivity contribution in [2.45, 2.75) is 33.6 Å². The lowest BCUT2D eigenvalue weighted by Gasteiger charge is -2.25. The van der Waals surface area contributed by atoms with E-state index in [4.69, 9.17) is 0 Å². The quantitative estimate of drug-likeness (QED) is 0.778. The predicted molar refractivity (Wildman–Crippen MR) is 74.7 cm³/mol. The zero-order valence-electron chi connectivity index (χ0n) is 10.8. The average molecular weight is 302 g/mol. The molecule has 0 amide bonds. The highest BCUT2D eigenvalue weighted by Gasteiger charge is 2.20. The molecule has 1 aromatic carbocycles. The molecule has 0 bridgehead atoms. The molecule has 0 fully saturated rings. The third-order valence-corrected chi connectivity index (χ3v) is 3.82. The van der Waals surface area contributed by atoms with Gasteiger partial charge in [-0.2, -0.15) is 0 Å². The lowest BCUT2D eigenvalue weighted by atomic mass is 9.82. The van der Waals surface area contributed by atoms with Gasteiger partial charge >= 0.3 is 0 Å². The van der Waals surface area contributed by atoms with E-state index in [0.29, 0.717) is 4.47 Å². The third-order valence-electron chi connectivity index (χ3n) is 2.93. The number of nitrogens with one attached hydrogen (secondary N) is 1. The van der Waals surface area contributed by atoms with Crippen LogP contribution in [0.3, 0.4) is 0 Å². The molecule has 96 valence electrons. The Labute approximate surface area is 112 Å². The van der Waals surface area contributed by atoms with E-state index in [1.54, 1.807) is 6.07 Å². The van der Waals surface area contributed by atoms with Crippen molar-refractivity contribution < 1.29 is 4.39 Å². The summed E-state index contributed by atoms with van der Waals surface area (Å²) in [7, 11) is 0. The zero-order chi connectivity index (χ0) is 12.9. The van der Waals surface area contributed by atoms with Gasteiger partial charge in [0.2, 0.25) is 0 Å². The molecule has 0 aliphatic rings. The Hall–Kier alpha value is -0.410. The normalized spacial score (nSPS) is 11.8. The van der Waals surface area contributed by atoms with Crippen LogP contribution in [-0.4, -0.2) is 13.1 Å². The second-order valence-corrected chi connectivity index (χ2v) is 5.95. The van der Waals surface area contributed by atoms with E-state index >= 15 is 0 Å². The molecule has 0 heterocycles. The summed E-state index contributed by atoms with van der Waals surface area (Å²) in [6.45, 7) is 8.57. The molecule has 1 aromatic rings. The second-order valence-electron chi connectivity index (χ2n) is 5.16. The lowest BCUT2D eigenvalue weighted by molar-refractivity contribution is 0.326. The monoisotopic (exact) mass is 301 g/mol. The van der Waals surface area contributed by atoms with Crippen molar-refractivity contribution in [3.05, 3.63) is 34.1 Å². The fourth-order valence-electron chi connectivity index (χ4n) is 1.89. The summed E-state index contributed by atoms with van der Waals surface area (Å²) in [5, 5.41) is 3.33. The molecule has 0 radical (unpaired) electrons. The summed E-state index contributed by atoms with van der Waals surface area (Å²) in [6.07, 6.45) is 1.97. The number of benzene rings is 1. The van der Waals surface area contributed by atoms with Gasteiger partial charge in [-0.3, -0.25) is 0 Å². The number of halogens is 2. The number of hydrogen-bond acceptors (Lipinski definition) is 1. The summed E-state index contributed by atoms with van der Waals surface area (Å²) in [5.41, 5.74) is 1.23. The summed E-state index contributed by atoms with van der Waals surface area (Å²) in [4.78, 5) is 0. The summed E-state index contributed by atoms with van der Waals surface area (Å²) in [6, 6.07) is 5.25. The topological polar surface area (TPSA) is 12.0 Å². The van der Waals surface area contributed by atoms with Gasteiger partial charge in [-0.25, -0.2) is 4.39 Å². The molecule has 0 aromatic heterocycles. The molecule has 0 aliphatic heterocycles. The van der Waals surface area contributed by atoms with Gasteiger partial charge in [0.1, 0.15) is 5.82 Å². The van der Waals surface area contributed by atoms with Crippen LogP contribution in [0.15, 0.2) is 22.7 Å². The van der Waals surface area contributed by atoms with E-state index in [1.165, 1.54) is 6.07 Å². The minimum absolute atomic E-state index is 0.176. The fraction of sp³-hybridized carbons (Fsp3) is 0.571. The largest absolute Gasteiger partial charge is 0.317 e. The maximum absolute atomic E-state index is 13.4. The zero-order valence-corrected chi connectivity index (χ0v) is 12.4. The van der Waals surface area contributed by atoms with E-state index in [1.807, 2.05) is 6.07 Å². The standard InChI is InChI=1S/C14H21BrFN/c1-4-17-9-8-14(2,3)10-11-6-5-7-12(16)13(11)15/h5-7,17H,4,8-10H2,1-3H3. The van der Waals surface area contributed by atoms with Crippen molar-refractivity contribution in [2.24, 2.45) is 5.41 Å². The Morgan fingerprint density at radius 3 is 2.71 bits per heavy atom. The first-order chi connectivity index (χ1) is 7.96. The van der Waals surface area contributed by atoms with Crippen LogP contribution in [0.1, 0.15) is 32.8 Å². The first-order valence-electron chi connectivity index (χ1n) is 6.10. The highest BCUT2D eigenvalue weighted by molar-refractivity contribution is 9.10. The summed E-state index contributed by atoms with van der Waals surface area (Å²) in [5.74, 6) is -0.176. The van der Waals surface area contributed by atoms with E-state index in [2.05, 4.69) is 42.0 Å². The minimum atomic E-state index is -0.176. The first kappa shape index (κ1) is 14.7. The van der Waals surface area contributed by atoms with Crippen molar-refractivity contribution in [2.75, 3.05) is 13.1 Å². The Kier molecular flexibility index (Phi) is 5.60. The fourth-order valence-corrected chi connectivity index (χ4v) is 2.30. The average Bonchev–Trinajstić information content (AvgIpc) is 2.25. The van der Waals surface area contributed by atoms with Crippen molar-refractivity contribution in [1.29, 1.82) is 0 Å². The van der Waals surface area contributed by atoms with Gasteiger partial charge in [0, 0.05) is 0 Å².